The average Bonchev–Trinajstić information content (AvgIpc) is 2.66. The van der Waals surface area contributed by atoms with Crippen molar-refractivity contribution in [2.45, 2.75) is 18.6 Å². The Bertz CT molecular complexity index is 353. The highest BCUT2D eigenvalue weighted by Gasteiger charge is 2.27. The van der Waals surface area contributed by atoms with Crippen molar-refractivity contribution in [3.05, 3.63) is 35.9 Å². The van der Waals surface area contributed by atoms with Gasteiger partial charge in [-0.3, -0.25) is 4.79 Å². The molecular formula is C12H15NO3. The molecule has 0 unspecified atom stereocenters. The minimum Gasteiger partial charge on any atom is -0.388 e. The molecule has 0 aromatic heterocycles. The van der Waals surface area contributed by atoms with Crippen molar-refractivity contribution in [3.8, 4) is 0 Å². The van der Waals surface area contributed by atoms with Crippen LogP contribution in [0.2, 0.25) is 0 Å². The lowest BCUT2D eigenvalue weighted by molar-refractivity contribution is -0.121. The van der Waals surface area contributed by atoms with E-state index < -0.39 is 6.10 Å². The van der Waals surface area contributed by atoms with Gasteiger partial charge in [-0.05, 0) is 5.56 Å². The molecule has 2 atom stereocenters. The standard InChI is InChI=1S/C12H15NO3/c14-11-8-16-7-10(11)13-12(15)6-9-4-2-1-3-5-9/h1-5,10-11,14H,6-8H2,(H,13,15)/t10-,11+/m0/s1. The molecule has 2 N–H and O–H groups in total. The van der Waals surface area contributed by atoms with Crippen LogP contribution in [-0.4, -0.2) is 36.4 Å². The molecule has 1 heterocycles. The number of amides is 1. The van der Waals surface area contributed by atoms with E-state index in [2.05, 4.69) is 5.32 Å². The van der Waals surface area contributed by atoms with Crippen LogP contribution in [0.25, 0.3) is 0 Å². The number of rotatable bonds is 3. The third-order valence-corrected chi connectivity index (χ3v) is 2.60. The van der Waals surface area contributed by atoms with E-state index in [0.29, 0.717) is 19.6 Å². The first-order valence-corrected chi connectivity index (χ1v) is 5.35. The Morgan fingerprint density at radius 2 is 2.12 bits per heavy atom. The fraction of sp³-hybridized carbons (Fsp3) is 0.417. The van der Waals surface area contributed by atoms with Crippen molar-refractivity contribution in [2.24, 2.45) is 0 Å². The predicted octanol–water partition coefficient (Wildman–Crippen LogP) is 0.105. The molecule has 1 aromatic carbocycles. The summed E-state index contributed by atoms with van der Waals surface area (Å²) in [6, 6.07) is 9.25. The Morgan fingerprint density at radius 1 is 1.38 bits per heavy atom. The summed E-state index contributed by atoms with van der Waals surface area (Å²) in [5, 5.41) is 12.2. The van der Waals surface area contributed by atoms with E-state index in [9.17, 15) is 9.90 Å². The second-order valence-electron chi connectivity index (χ2n) is 3.94. The summed E-state index contributed by atoms with van der Waals surface area (Å²) in [5.41, 5.74) is 0.966. The molecule has 0 aliphatic carbocycles. The molecule has 1 aromatic rings. The third-order valence-electron chi connectivity index (χ3n) is 2.60. The number of benzene rings is 1. The number of hydrogen-bond acceptors (Lipinski definition) is 3. The largest absolute Gasteiger partial charge is 0.388 e. The third kappa shape index (κ3) is 2.81. The highest BCUT2D eigenvalue weighted by atomic mass is 16.5. The number of ether oxygens (including phenoxy) is 1. The van der Waals surface area contributed by atoms with E-state index in [4.69, 9.17) is 4.74 Å². The Morgan fingerprint density at radius 3 is 2.75 bits per heavy atom. The molecular weight excluding hydrogens is 206 g/mol. The first-order chi connectivity index (χ1) is 7.75. The summed E-state index contributed by atoms with van der Waals surface area (Å²) in [6.07, 6.45) is -0.246. The lowest BCUT2D eigenvalue weighted by Crippen LogP contribution is -2.43. The van der Waals surface area contributed by atoms with Crippen molar-refractivity contribution < 1.29 is 14.6 Å². The van der Waals surface area contributed by atoms with Crippen LogP contribution in [0.4, 0.5) is 0 Å². The smallest absolute Gasteiger partial charge is 0.224 e. The van der Waals surface area contributed by atoms with Gasteiger partial charge in [0.2, 0.25) is 5.91 Å². The van der Waals surface area contributed by atoms with E-state index >= 15 is 0 Å². The zero-order valence-corrected chi connectivity index (χ0v) is 8.93. The van der Waals surface area contributed by atoms with Gasteiger partial charge in [0.15, 0.2) is 0 Å². The maximum atomic E-state index is 11.6. The molecule has 86 valence electrons. The number of carbonyl (C=O) groups is 1. The van der Waals surface area contributed by atoms with Crippen LogP contribution in [-0.2, 0) is 16.0 Å². The molecule has 4 nitrogen and oxygen atoms in total. The van der Waals surface area contributed by atoms with Crippen molar-refractivity contribution in [2.75, 3.05) is 13.2 Å². The Balaban J connectivity index is 1.85. The van der Waals surface area contributed by atoms with Crippen LogP contribution < -0.4 is 5.32 Å². The molecule has 1 aliphatic rings. The molecule has 0 saturated carbocycles. The van der Waals surface area contributed by atoms with Gasteiger partial charge in [0.05, 0.1) is 31.8 Å². The molecule has 0 bridgehead atoms. The van der Waals surface area contributed by atoms with Crippen molar-refractivity contribution in [1.29, 1.82) is 0 Å². The van der Waals surface area contributed by atoms with Crippen LogP contribution in [0.3, 0.4) is 0 Å². The predicted molar refractivity (Wildman–Crippen MR) is 58.9 cm³/mol. The topological polar surface area (TPSA) is 58.6 Å². The highest BCUT2D eigenvalue weighted by Crippen LogP contribution is 2.06. The van der Waals surface area contributed by atoms with Crippen LogP contribution >= 0.6 is 0 Å². The van der Waals surface area contributed by atoms with Crippen molar-refractivity contribution in [3.63, 3.8) is 0 Å². The summed E-state index contributed by atoms with van der Waals surface area (Å²) in [5.74, 6) is -0.0826. The van der Waals surface area contributed by atoms with Gasteiger partial charge < -0.3 is 15.2 Å². The van der Waals surface area contributed by atoms with E-state index in [-0.39, 0.29) is 11.9 Å². The van der Waals surface area contributed by atoms with Gasteiger partial charge in [-0.2, -0.15) is 0 Å². The molecule has 0 spiro atoms. The molecule has 16 heavy (non-hydrogen) atoms. The van der Waals surface area contributed by atoms with Gasteiger partial charge in [-0.25, -0.2) is 0 Å². The van der Waals surface area contributed by atoms with Gasteiger partial charge >= 0.3 is 0 Å². The molecule has 1 amide bonds. The van der Waals surface area contributed by atoms with Crippen LogP contribution in [0.1, 0.15) is 5.56 Å². The summed E-state index contributed by atoms with van der Waals surface area (Å²) in [7, 11) is 0. The summed E-state index contributed by atoms with van der Waals surface area (Å²) in [6.45, 7) is 0.692. The van der Waals surface area contributed by atoms with Crippen LogP contribution in [0.5, 0.6) is 0 Å². The quantitative estimate of drug-likeness (QED) is 0.761. The van der Waals surface area contributed by atoms with Crippen molar-refractivity contribution >= 4 is 5.91 Å². The number of carbonyl (C=O) groups excluding carboxylic acids is 1. The molecule has 0 radical (unpaired) electrons. The van der Waals surface area contributed by atoms with Gasteiger partial charge in [-0.15, -0.1) is 0 Å². The minimum absolute atomic E-state index is 0.0826. The first-order valence-electron chi connectivity index (χ1n) is 5.35. The molecule has 1 fully saturated rings. The summed E-state index contributed by atoms with van der Waals surface area (Å²) >= 11 is 0. The van der Waals surface area contributed by atoms with Gasteiger partial charge in [0, 0.05) is 0 Å². The van der Waals surface area contributed by atoms with Crippen LogP contribution in [0, 0.1) is 0 Å². The average molecular weight is 221 g/mol. The Hall–Kier alpha value is -1.39. The second kappa shape index (κ2) is 5.09. The normalized spacial score (nSPS) is 24.3. The minimum atomic E-state index is -0.584. The fourth-order valence-electron chi connectivity index (χ4n) is 1.72. The van der Waals surface area contributed by atoms with Gasteiger partial charge in [-0.1, -0.05) is 30.3 Å². The Labute approximate surface area is 94.2 Å². The molecule has 1 saturated heterocycles. The first kappa shape index (κ1) is 11.1. The molecule has 2 rings (SSSR count). The van der Waals surface area contributed by atoms with Crippen molar-refractivity contribution in [1.82, 2.24) is 5.32 Å². The van der Waals surface area contributed by atoms with Gasteiger partial charge in [0.1, 0.15) is 0 Å². The number of nitrogens with one attached hydrogen (secondary N) is 1. The van der Waals surface area contributed by atoms with E-state index in [1.165, 1.54) is 0 Å². The van der Waals surface area contributed by atoms with Crippen LogP contribution in [0.15, 0.2) is 30.3 Å². The number of aliphatic hydroxyl groups is 1. The Kier molecular flexibility index (Phi) is 3.54. The summed E-state index contributed by atoms with van der Waals surface area (Å²) < 4.78 is 5.06. The molecule has 1 aliphatic heterocycles. The number of hydrogen-bond donors (Lipinski definition) is 2. The van der Waals surface area contributed by atoms with E-state index in [1.807, 2.05) is 30.3 Å². The second-order valence-corrected chi connectivity index (χ2v) is 3.94. The molecule has 4 heteroatoms. The highest BCUT2D eigenvalue weighted by molar-refractivity contribution is 5.78. The van der Waals surface area contributed by atoms with Gasteiger partial charge in [0.25, 0.3) is 0 Å². The fourth-order valence-corrected chi connectivity index (χ4v) is 1.72. The summed E-state index contributed by atoms with van der Waals surface area (Å²) in [4.78, 5) is 11.6. The zero-order valence-electron chi connectivity index (χ0n) is 8.93. The van der Waals surface area contributed by atoms with E-state index in [0.717, 1.165) is 5.56 Å². The number of aliphatic hydroxyl groups excluding tert-OH is 1. The maximum absolute atomic E-state index is 11.6. The lowest BCUT2D eigenvalue weighted by atomic mass is 10.1. The zero-order chi connectivity index (χ0) is 11.4. The monoisotopic (exact) mass is 221 g/mol. The van der Waals surface area contributed by atoms with E-state index in [1.54, 1.807) is 0 Å². The lowest BCUT2D eigenvalue weighted by Gasteiger charge is -2.14. The maximum Gasteiger partial charge on any atom is 0.224 e. The SMILES string of the molecule is O=C(Cc1ccccc1)N[C@H]1COC[C@H]1O.